The third kappa shape index (κ3) is 2.62. The summed E-state index contributed by atoms with van der Waals surface area (Å²) in [4.78, 5) is 13.7. The molecule has 0 radical (unpaired) electrons. The molecule has 0 aliphatic heterocycles. The van der Waals surface area contributed by atoms with E-state index in [-0.39, 0.29) is 0 Å². The van der Waals surface area contributed by atoms with Gasteiger partial charge in [-0.15, -0.1) is 5.10 Å². The van der Waals surface area contributed by atoms with Crippen molar-refractivity contribution < 1.29 is 0 Å². The lowest BCUT2D eigenvalue weighted by Gasteiger charge is -2.07. The number of aromatic nitrogens is 6. The van der Waals surface area contributed by atoms with Gasteiger partial charge in [-0.25, -0.2) is 14.5 Å². The van der Waals surface area contributed by atoms with Crippen LogP contribution in [0.4, 0.5) is 0 Å². The van der Waals surface area contributed by atoms with Crippen LogP contribution in [-0.4, -0.2) is 29.1 Å². The van der Waals surface area contributed by atoms with E-state index in [1.165, 1.54) is 16.8 Å². The lowest BCUT2D eigenvalue weighted by atomic mass is 10.2. The molecule has 6 nitrogen and oxygen atoms in total. The number of pyridine rings is 1. The van der Waals surface area contributed by atoms with E-state index >= 15 is 0 Å². The molecule has 1 aromatic carbocycles. The molecule has 5 aromatic rings. The third-order valence-electron chi connectivity index (χ3n) is 5.15. The van der Waals surface area contributed by atoms with Gasteiger partial charge in [-0.3, -0.25) is 4.98 Å². The number of fused-ring (bicyclic) bond motifs is 3. The van der Waals surface area contributed by atoms with Crippen LogP contribution in [0, 0.1) is 13.8 Å². The first-order valence-electron chi connectivity index (χ1n) is 8.98. The summed E-state index contributed by atoms with van der Waals surface area (Å²) in [5, 5.41) is 5.70. The number of rotatable bonds is 3. The molecule has 0 spiro atoms. The molecule has 0 unspecified atom stereocenters. The summed E-state index contributed by atoms with van der Waals surface area (Å²) >= 11 is 3.59. The van der Waals surface area contributed by atoms with Crippen LogP contribution in [0.1, 0.15) is 16.8 Å². The Bertz CT molecular complexity index is 1320. The first kappa shape index (κ1) is 17.1. The molecular weight excluding hydrogens is 416 g/mol. The molecule has 4 aromatic heterocycles. The predicted octanol–water partition coefficient (Wildman–Crippen LogP) is 4.57. The highest BCUT2D eigenvalue weighted by atomic mass is 79.9. The van der Waals surface area contributed by atoms with Gasteiger partial charge in [-0.05, 0) is 49.2 Å². The average Bonchev–Trinajstić information content (AvgIpc) is 3.24. The van der Waals surface area contributed by atoms with Crippen molar-refractivity contribution in [1.82, 2.24) is 29.1 Å². The van der Waals surface area contributed by atoms with Gasteiger partial charge in [-0.1, -0.05) is 28.1 Å². The average molecular weight is 433 g/mol. The van der Waals surface area contributed by atoms with Crippen LogP contribution in [0.25, 0.3) is 28.1 Å². The molecular formula is C21H17BrN6. The Balaban J connectivity index is 1.72. The lowest BCUT2D eigenvalue weighted by molar-refractivity contribution is 0.786. The van der Waals surface area contributed by atoms with Gasteiger partial charge in [0.2, 0.25) is 0 Å². The van der Waals surface area contributed by atoms with Crippen LogP contribution in [0.2, 0.25) is 0 Å². The lowest BCUT2D eigenvalue weighted by Crippen LogP contribution is -2.03. The molecule has 28 heavy (non-hydrogen) atoms. The van der Waals surface area contributed by atoms with Crippen molar-refractivity contribution in [2.75, 3.05) is 0 Å². The molecule has 138 valence electrons. The Morgan fingerprint density at radius 3 is 2.57 bits per heavy atom. The summed E-state index contributed by atoms with van der Waals surface area (Å²) in [7, 11) is 0. The molecule has 0 aliphatic carbocycles. The largest absolute Gasteiger partial charge is 0.325 e. The van der Waals surface area contributed by atoms with Crippen molar-refractivity contribution in [3.63, 3.8) is 0 Å². The zero-order valence-corrected chi connectivity index (χ0v) is 17.1. The second-order valence-corrected chi connectivity index (χ2v) is 7.63. The van der Waals surface area contributed by atoms with Gasteiger partial charge < -0.3 is 4.57 Å². The number of aryl methyl sites for hydroxylation is 1. The van der Waals surface area contributed by atoms with Crippen LogP contribution in [0.15, 0.2) is 59.6 Å². The molecule has 0 fully saturated rings. The minimum Gasteiger partial charge on any atom is -0.325 e. The highest BCUT2D eigenvalue weighted by molar-refractivity contribution is 9.10. The maximum absolute atomic E-state index is 4.85. The maximum atomic E-state index is 4.85. The summed E-state index contributed by atoms with van der Waals surface area (Å²) in [5.74, 6) is 0.681. The van der Waals surface area contributed by atoms with Crippen molar-refractivity contribution in [2.45, 2.75) is 20.4 Å². The Morgan fingerprint density at radius 1 is 1.00 bits per heavy atom. The topological polar surface area (TPSA) is 60.9 Å². The van der Waals surface area contributed by atoms with Crippen molar-refractivity contribution in [1.29, 1.82) is 0 Å². The molecule has 0 saturated carbocycles. The van der Waals surface area contributed by atoms with E-state index in [9.17, 15) is 0 Å². The van der Waals surface area contributed by atoms with Crippen LogP contribution in [0.3, 0.4) is 0 Å². The number of hydrogen-bond donors (Lipinski definition) is 0. The summed E-state index contributed by atoms with van der Waals surface area (Å²) in [6, 6.07) is 12.0. The normalized spacial score (nSPS) is 11.5. The molecule has 0 saturated heterocycles. The molecule has 0 atom stereocenters. The molecule has 7 heteroatoms. The Hall–Kier alpha value is -3.06. The van der Waals surface area contributed by atoms with Crippen molar-refractivity contribution in [3.05, 3.63) is 76.4 Å². The number of halogens is 1. The van der Waals surface area contributed by atoms with E-state index in [1.54, 1.807) is 10.8 Å². The van der Waals surface area contributed by atoms with E-state index in [1.807, 2.05) is 48.8 Å². The first-order valence-corrected chi connectivity index (χ1v) is 9.77. The van der Waals surface area contributed by atoms with Crippen LogP contribution in [-0.2, 0) is 6.54 Å². The van der Waals surface area contributed by atoms with E-state index < -0.39 is 0 Å². The highest BCUT2D eigenvalue weighted by Crippen LogP contribution is 2.30. The van der Waals surface area contributed by atoms with Gasteiger partial charge in [0.15, 0.2) is 11.5 Å². The van der Waals surface area contributed by atoms with Crippen LogP contribution in [0.5, 0.6) is 0 Å². The highest BCUT2D eigenvalue weighted by Gasteiger charge is 2.19. The Kier molecular flexibility index (Phi) is 3.98. The second-order valence-electron chi connectivity index (χ2n) is 6.78. The minimum absolute atomic E-state index is 0.681. The quantitative estimate of drug-likeness (QED) is 0.418. The van der Waals surface area contributed by atoms with E-state index in [0.29, 0.717) is 5.82 Å². The van der Waals surface area contributed by atoms with Crippen LogP contribution < -0.4 is 0 Å². The van der Waals surface area contributed by atoms with Crippen molar-refractivity contribution in [3.8, 4) is 11.4 Å². The van der Waals surface area contributed by atoms with Gasteiger partial charge in [0, 0.05) is 34.7 Å². The SMILES string of the molecule is Cc1c(C)n(Cc2ccncc2)c2ncn3nc(-c4ccccc4Br)nc3c12. The fourth-order valence-electron chi connectivity index (χ4n) is 3.55. The van der Waals surface area contributed by atoms with E-state index in [0.717, 1.165) is 33.3 Å². The van der Waals surface area contributed by atoms with Gasteiger partial charge >= 0.3 is 0 Å². The third-order valence-corrected chi connectivity index (χ3v) is 5.84. The number of nitrogens with zero attached hydrogens (tertiary/aromatic N) is 6. The molecule has 0 aliphatic rings. The van der Waals surface area contributed by atoms with Crippen molar-refractivity contribution in [2.24, 2.45) is 0 Å². The summed E-state index contributed by atoms with van der Waals surface area (Å²) < 4.78 is 4.96. The number of benzene rings is 1. The fraction of sp³-hybridized carbons (Fsp3) is 0.143. The van der Waals surface area contributed by atoms with Crippen LogP contribution >= 0.6 is 15.9 Å². The fourth-order valence-corrected chi connectivity index (χ4v) is 4.01. The van der Waals surface area contributed by atoms with Gasteiger partial charge in [0.05, 0.1) is 5.39 Å². The van der Waals surface area contributed by atoms with Gasteiger partial charge in [0.1, 0.15) is 12.0 Å². The predicted molar refractivity (Wildman–Crippen MR) is 112 cm³/mol. The molecule has 0 bridgehead atoms. The zero-order valence-electron chi connectivity index (χ0n) is 15.5. The summed E-state index contributed by atoms with van der Waals surface area (Å²) in [6.45, 7) is 4.99. The van der Waals surface area contributed by atoms with E-state index in [4.69, 9.17) is 9.97 Å². The Morgan fingerprint density at radius 2 is 1.79 bits per heavy atom. The van der Waals surface area contributed by atoms with Gasteiger partial charge in [-0.2, -0.15) is 0 Å². The molecule has 0 amide bonds. The van der Waals surface area contributed by atoms with Gasteiger partial charge in [0.25, 0.3) is 0 Å². The Labute approximate surface area is 170 Å². The molecule has 4 heterocycles. The van der Waals surface area contributed by atoms with Crippen molar-refractivity contribution >= 4 is 32.6 Å². The summed E-state index contributed by atoms with van der Waals surface area (Å²) in [5.41, 5.74) is 6.25. The molecule has 5 rings (SSSR count). The smallest absolute Gasteiger partial charge is 0.183 e. The zero-order chi connectivity index (χ0) is 19.3. The maximum Gasteiger partial charge on any atom is 0.183 e. The summed E-state index contributed by atoms with van der Waals surface area (Å²) in [6.07, 6.45) is 5.38. The monoisotopic (exact) mass is 432 g/mol. The first-order chi connectivity index (χ1) is 13.6. The van der Waals surface area contributed by atoms with E-state index in [2.05, 4.69) is 44.4 Å². The standard InChI is InChI=1S/C21H17BrN6/c1-13-14(2)27(11-15-7-9-23-10-8-15)20-18(13)21-25-19(26-28(21)12-24-20)16-5-3-4-6-17(16)22/h3-10,12H,11H2,1-2H3. The minimum atomic E-state index is 0.681. The second kappa shape index (κ2) is 6.53. The molecule has 0 N–H and O–H groups in total. The number of hydrogen-bond acceptors (Lipinski definition) is 4.